The largest absolute Gasteiger partial charge is 0.507 e. The third-order valence-corrected chi connectivity index (χ3v) is 1.40. The summed E-state index contributed by atoms with van der Waals surface area (Å²) in [6.45, 7) is 10.9. The molecule has 1 aromatic rings. The van der Waals surface area contributed by atoms with Crippen LogP contribution in [0.1, 0.15) is 25.2 Å². The minimum absolute atomic E-state index is 0.142. The molecule has 0 aliphatic heterocycles. The minimum Gasteiger partial charge on any atom is -0.507 e. The second kappa shape index (κ2) is 5.80. The summed E-state index contributed by atoms with van der Waals surface area (Å²) in [4.78, 5) is 10.7. The SMILES string of the molecule is C=Cc1oc(=O)cc(O)c1C=C.CC. The number of rotatable bonds is 2. The highest BCUT2D eigenvalue weighted by Gasteiger charge is 2.05. The molecule has 0 atom stereocenters. The molecule has 1 heterocycles. The van der Waals surface area contributed by atoms with Crippen molar-refractivity contribution in [3.05, 3.63) is 41.0 Å². The van der Waals surface area contributed by atoms with Gasteiger partial charge in [-0.2, -0.15) is 0 Å². The maximum Gasteiger partial charge on any atom is 0.339 e. The fourth-order valence-electron chi connectivity index (χ4n) is 0.865. The molecule has 0 saturated heterocycles. The maximum absolute atomic E-state index is 10.7. The van der Waals surface area contributed by atoms with Crippen molar-refractivity contribution in [2.75, 3.05) is 0 Å². The lowest BCUT2D eigenvalue weighted by atomic mass is 10.2. The molecule has 0 spiro atoms. The van der Waals surface area contributed by atoms with Crippen molar-refractivity contribution in [2.45, 2.75) is 13.8 Å². The van der Waals surface area contributed by atoms with Crippen molar-refractivity contribution in [2.24, 2.45) is 0 Å². The van der Waals surface area contributed by atoms with Gasteiger partial charge in [0.05, 0.1) is 11.6 Å². The Morgan fingerprint density at radius 2 is 1.93 bits per heavy atom. The molecule has 0 aromatic carbocycles. The summed E-state index contributed by atoms with van der Waals surface area (Å²) >= 11 is 0. The molecule has 0 amide bonds. The molecule has 1 rings (SSSR count). The van der Waals surface area contributed by atoms with Crippen LogP contribution in [0.3, 0.4) is 0 Å². The molecule has 0 aliphatic rings. The van der Waals surface area contributed by atoms with Gasteiger partial charge in [-0.25, -0.2) is 4.79 Å². The average Bonchev–Trinajstić information content (AvgIpc) is 2.19. The maximum atomic E-state index is 10.7. The molecule has 76 valence electrons. The van der Waals surface area contributed by atoms with Crippen LogP contribution >= 0.6 is 0 Å². The lowest BCUT2D eigenvalue weighted by Gasteiger charge is -1.99. The van der Waals surface area contributed by atoms with Crippen molar-refractivity contribution < 1.29 is 9.52 Å². The molecule has 14 heavy (non-hydrogen) atoms. The highest BCUT2D eigenvalue weighted by Crippen LogP contribution is 2.20. The zero-order chi connectivity index (χ0) is 11.1. The monoisotopic (exact) mass is 194 g/mol. The van der Waals surface area contributed by atoms with Crippen LogP contribution < -0.4 is 5.63 Å². The van der Waals surface area contributed by atoms with E-state index in [1.165, 1.54) is 12.2 Å². The molecular weight excluding hydrogens is 180 g/mol. The predicted octanol–water partition coefficient (Wildman–Crippen LogP) is 2.66. The lowest BCUT2D eigenvalue weighted by Crippen LogP contribution is -1.98. The Morgan fingerprint density at radius 1 is 1.36 bits per heavy atom. The van der Waals surface area contributed by atoms with Crippen molar-refractivity contribution in [1.29, 1.82) is 0 Å². The molecule has 0 aliphatic carbocycles. The predicted molar refractivity (Wildman–Crippen MR) is 58.2 cm³/mol. The number of hydrogen-bond donors (Lipinski definition) is 1. The van der Waals surface area contributed by atoms with Gasteiger partial charge in [0.1, 0.15) is 11.5 Å². The van der Waals surface area contributed by atoms with Crippen molar-refractivity contribution in [3.8, 4) is 5.75 Å². The van der Waals surface area contributed by atoms with Gasteiger partial charge in [0, 0.05) is 0 Å². The van der Waals surface area contributed by atoms with Crippen molar-refractivity contribution in [3.63, 3.8) is 0 Å². The standard InChI is InChI=1S/C9H8O3.C2H6/c1-3-6-7(10)5-9(11)12-8(6)4-2;1-2/h3-5,10H,1-2H2;1-2H3. The van der Waals surface area contributed by atoms with Gasteiger partial charge in [-0.15, -0.1) is 0 Å². The Labute approximate surface area is 83.0 Å². The summed E-state index contributed by atoms with van der Waals surface area (Å²) in [6, 6.07) is 0.990. The summed E-state index contributed by atoms with van der Waals surface area (Å²) in [7, 11) is 0. The fraction of sp³-hybridized carbons (Fsp3) is 0.182. The second-order valence-electron chi connectivity index (χ2n) is 2.14. The highest BCUT2D eigenvalue weighted by molar-refractivity contribution is 5.64. The molecular formula is C11H14O3. The third-order valence-electron chi connectivity index (χ3n) is 1.40. The highest BCUT2D eigenvalue weighted by atomic mass is 16.4. The van der Waals surface area contributed by atoms with E-state index in [1.54, 1.807) is 0 Å². The Kier molecular flexibility index (Phi) is 5.07. The molecule has 0 radical (unpaired) electrons. The third kappa shape index (κ3) is 2.62. The van der Waals surface area contributed by atoms with Gasteiger partial charge in [0.2, 0.25) is 0 Å². The number of aromatic hydroxyl groups is 1. The van der Waals surface area contributed by atoms with E-state index >= 15 is 0 Å². The molecule has 1 N–H and O–H groups in total. The first-order chi connectivity index (χ1) is 6.69. The quantitative estimate of drug-likeness (QED) is 0.787. The van der Waals surface area contributed by atoms with Crippen LogP contribution in [-0.2, 0) is 0 Å². The van der Waals surface area contributed by atoms with Gasteiger partial charge < -0.3 is 9.52 Å². The van der Waals surface area contributed by atoms with E-state index in [-0.39, 0.29) is 11.5 Å². The van der Waals surface area contributed by atoms with Crippen LogP contribution in [-0.4, -0.2) is 5.11 Å². The van der Waals surface area contributed by atoms with Crippen LogP contribution in [0.5, 0.6) is 5.75 Å². The van der Waals surface area contributed by atoms with E-state index in [1.807, 2.05) is 13.8 Å². The Balaban J connectivity index is 0.000000791. The van der Waals surface area contributed by atoms with Crippen LogP contribution in [0.25, 0.3) is 12.2 Å². The Hall–Kier alpha value is -1.77. The zero-order valence-electron chi connectivity index (χ0n) is 8.41. The lowest BCUT2D eigenvalue weighted by molar-refractivity contribution is 0.442. The van der Waals surface area contributed by atoms with Gasteiger partial charge in [-0.3, -0.25) is 0 Å². The summed E-state index contributed by atoms with van der Waals surface area (Å²) < 4.78 is 4.72. The van der Waals surface area contributed by atoms with E-state index in [9.17, 15) is 9.90 Å². The normalized spacial score (nSPS) is 8.43. The minimum atomic E-state index is -0.604. The molecule has 0 saturated carbocycles. The first-order valence-corrected chi connectivity index (χ1v) is 4.31. The zero-order valence-corrected chi connectivity index (χ0v) is 8.41. The van der Waals surface area contributed by atoms with E-state index in [0.29, 0.717) is 5.56 Å². The van der Waals surface area contributed by atoms with Crippen LogP contribution in [0.15, 0.2) is 28.4 Å². The number of hydrogen-bond acceptors (Lipinski definition) is 3. The summed E-state index contributed by atoms with van der Waals surface area (Å²) in [5.41, 5.74) is -0.224. The molecule has 0 unspecified atom stereocenters. The average molecular weight is 194 g/mol. The van der Waals surface area contributed by atoms with E-state index < -0.39 is 5.63 Å². The molecule has 3 heteroatoms. The van der Waals surface area contributed by atoms with Gasteiger partial charge in [0.15, 0.2) is 0 Å². The van der Waals surface area contributed by atoms with Gasteiger partial charge in [-0.05, 0) is 6.08 Å². The van der Waals surface area contributed by atoms with E-state index in [0.717, 1.165) is 6.07 Å². The van der Waals surface area contributed by atoms with Gasteiger partial charge >= 0.3 is 5.63 Å². The summed E-state index contributed by atoms with van der Waals surface area (Å²) in [5.74, 6) is 0.0890. The van der Waals surface area contributed by atoms with Crippen molar-refractivity contribution >= 4 is 12.2 Å². The van der Waals surface area contributed by atoms with Crippen LogP contribution in [0.4, 0.5) is 0 Å². The Morgan fingerprint density at radius 3 is 2.36 bits per heavy atom. The fourth-order valence-corrected chi connectivity index (χ4v) is 0.865. The second-order valence-corrected chi connectivity index (χ2v) is 2.14. The van der Waals surface area contributed by atoms with Crippen molar-refractivity contribution in [1.82, 2.24) is 0 Å². The Bertz CT molecular complexity index is 375. The van der Waals surface area contributed by atoms with E-state index in [2.05, 4.69) is 13.2 Å². The molecule has 0 bridgehead atoms. The van der Waals surface area contributed by atoms with Gasteiger partial charge in [0.25, 0.3) is 0 Å². The van der Waals surface area contributed by atoms with Gasteiger partial charge in [-0.1, -0.05) is 33.1 Å². The van der Waals surface area contributed by atoms with Crippen LogP contribution in [0.2, 0.25) is 0 Å². The smallest absolute Gasteiger partial charge is 0.339 e. The first-order valence-electron chi connectivity index (χ1n) is 4.31. The topological polar surface area (TPSA) is 50.4 Å². The molecule has 1 aromatic heterocycles. The summed E-state index contributed by atoms with van der Waals surface area (Å²) in [6.07, 6.45) is 2.74. The van der Waals surface area contributed by atoms with E-state index in [4.69, 9.17) is 4.42 Å². The first kappa shape index (κ1) is 12.2. The summed E-state index contributed by atoms with van der Waals surface area (Å²) in [5, 5.41) is 9.22. The molecule has 0 fully saturated rings. The van der Waals surface area contributed by atoms with Crippen LogP contribution in [0, 0.1) is 0 Å². The molecule has 3 nitrogen and oxygen atoms in total.